The Morgan fingerprint density at radius 2 is 1.85 bits per heavy atom. The second kappa shape index (κ2) is 9.92. The normalized spacial score (nSPS) is 10.8. The van der Waals surface area contributed by atoms with E-state index in [1.54, 1.807) is 6.20 Å². The van der Waals surface area contributed by atoms with Crippen LogP contribution in [0.3, 0.4) is 0 Å². The van der Waals surface area contributed by atoms with Crippen molar-refractivity contribution in [3.8, 4) is 0 Å². The highest BCUT2D eigenvalue weighted by Crippen LogP contribution is 2.15. The molecule has 0 fully saturated rings. The van der Waals surface area contributed by atoms with Crippen LogP contribution in [0.5, 0.6) is 0 Å². The molecule has 0 unspecified atom stereocenters. The number of pyridine rings is 1. The van der Waals surface area contributed by atoms with Crippen LogP contribution in [0.4, 0.5) is 5.82 Å². The third-order valence-corrected chi connectivity index (χ3v) is 4.45. The first kappa shape index (κ1) is 19.9. The molecule has 2 aromatic rings. The predicted molar refractivity (Wildman–Crippen MR) is 107 cm³/mol. The van der Waals surface area contributed by atoms with Crippen molar-refractivity contribution in [2.45, 2.75) is 33.2 Å². The molecule has 2 N–H and O–H groups in total. The van der Waals surface area contributed by atoms with Crippen LogP contribution in [0.2, 0.25) is 0 Å². The lowest BCUT2D eigenvalue weighted by molar-refractivity contribution is 0.0761. The lowest BCUT2D eigenvalue weighted by atomic mass is 10.1. The first-order chi connectivity index (χ1) is 12.6. The van der Waals surface area contributed by atoms with Gasteiger partial charge < -0.3 is 15.5 Å². The number of carbonyl (C=O) groups excluding carboxylic acids is 1. The Bertz CT molecular complexity index is 670. The molecule has 5 heteroatoms. The third kappa shape index (κ3) is 5.30. The number of nitrogens with two attached hydrogens (primary N) is 1. The largest absolute Gasteiger partial charge is 0.354 e. The van der Waals surface area contributed by atoms with Crippen LogP contribution >= 0.6 is 0 Å². The number of amides is 1. The second-order valence-corrected chi connectivity index (χ2v) is 6.60. The molecule has 1 amide bonds. The minimum atomic E-state index is -0.0157. The van der Waals surface area contributed by atoms with Crippen LogP contribution in [0, 0.1) is 0 Å². The maximum Gasteiger partial charge on any atom is 0.255 e. The molecule has 1 heterocycles. The zero-order valence-corrected chi connectivity index (χ0v) is 16.1. The molecular formula is C21H30N4O. The zero-order valence-electron chi connectivity index (χ0n) is 16.1. The summed E-state index contributed by atoms with van der Waals surface area (Å²) in [6.45, 7) is 8.90. The summed E-state index contributed by atoms with van der Waals surface area (Å²) in [5.74, 6) is 0.881. The van der Waals surface area contributed by atoms with Gasteiger partial charge in [-0.25, -0.2) is 4.98 Å². The molecule has 5 nitrogen and oxygen atoms in total. The summed E-state index contributed by atoms with van der Waals surface area (Å²) in [5.41, 5.74) is 7.53. The molecule has 1 aromatic heterocycles. The number of hydrogen-bond acceptors (Lipinski definition) is 4. The third-order valence-electron chi connectivity index (χ3n) is 4.45. The van der Waals surface area contributed by atoms with Crippen LogP contribution in [0.1, 0.15) is 36.7 Å². The van der Waals surface area contributed by atoms with Gasteiger partial charge in [-0.3, -0.25) is 4.79 Å². The van der Waals surface area contributed by atoms with E-state index in [9.17, 15) is 4.79 Å². The van der Waals surface area contributed by atoms with Crippen molar-refractivity contribution in [3.05, 3.63) is 59.8 Å². The minimum absolute atomic E-state index is 0.0157. The summed E-state index contributed by atoms with van der Waals surface area (Å²) in [7, 11) is 0. The summed E-state index contributed by atoms with van der Waals surface area (Å²) in [4.78, 5) is 21.4. The molecule has 0 bridgehead atoms. The van der Waals surface area contributed by atoms with E-state index in [0.29, 0.717) is 31.2 Å². The van der Waals surface area contributed by atoms with Crippen LogP contribution in [0.15, 0.2) is 48.7 Å². The van der Waals surface area contributed by atoms with Crippen LogP contribution < -0.4 is 10.6 Å². The van der Waals surface area contributed by atoms with Crippen molar-refractivity contribution < 1.29 is 4.79 Å². The van der Waals surface area contributed by atoms with Crippen molar-refractivity contribution >= 4 is 11.7 Å². The van der Waals surface area contributed by atoms with E-state index in [2.05, 4.69) is 42.8 Å². The molecule has 0 aliphatic heterocycles. The smallest absolute Gasteiger partial charge is 0.255 e. The van der Waals surface area contributed by atoms with Gasteiger partial charge in [-0.1, -0.05) is 30.3 Å². The van der Waals surface area contributed by atoms with Crippen molar-refractivity contribution in [1.29, 1.82) is 0 Å². The summed E-state index contributed by atoms with van der Waals surface area (Å²) in [5, 5.41) is 0. The highest BCUT2D eigenvalue weighted by atomic mass is 16.2. The molecule has 140 valence electrons. The van der Waals surface area contributed by atoms with E-state index in [1.807, 2.05) is 35.2 Å². The Morgan fingerprint density at radius 1 is 1.12 bits per heavy atom. The molecule has 0 saturated heterocycles. The van der Waals surface area contributed by atoms with E-state index in [0.717, 1.165) is 18.8 Å². The fourth-order valence-electron chi connectivity index (χ4n) is 3.04. The molecule has 0 spiro atoms. The van der Waals surface area contributed by atoms with Gasteiger partial charge in [-0.2, -0.15) is 0 Å². The van der Waals surface area contributed by atoms with Gasteiger partial charge in [0.2, 0.25) is 0 Å². The zero-order chi connectivity index (χ0) is 18.9. The molecule has 2 rings (SSSR count). The number of anilines is 1. The topological polar surface area (TPSA) is 62.5 Å². The summed E-state index contributed by atoms with van der Waals surface area (Å²) in [6.07, 6.45) is 2.49. The van der Waals surface area contributed by atoms with Gasteiger partial charge in [0.05, 0.1) is 5.56 Å². The Hall–Kier alpha value is -2.40. The van der Waals surface area contributed by atoms with Crippen molar-refractivity contribution in [2.75, 3.05) is 31.1 Å². The fourth-order valence-corrected chi connectivity index (χ4v) is 3.04. The number of aromatic nitrogens is 1. The average molecular weight is 354 g/mol. The number of benzene rings is 1. The van der Waals surface area contributed by atoms with Gasteiger partial charge in [0.1, 0.15) is 5.82 Å². The maximum absolute atomic E-state index is 12.9. The quantitative estimate of drug-likeness (QED) is 0.752. The lowest BCUT2D eigenvalue weighted by Gasteiger charge is -2.26. The predicted octanol–water partition coefficient (Wildman–Crippen LogP) is 2.96. The second-order valence-electron chi connectivity index (χ2n) is 6.60. The summed E-state index contributed by atoms with van der Waals surface area (Å²) < 4.78 is 0. The molecule has 0 aliphatic carbocycles. The van der Waals surface area contributed by atoms with E-state index in [1.165, 1.54) is 5.56 Å². The van der Waals surface area contributed by atoms with Crippen LogP contribution in [-0.2, 0) is 6.42 Å². The van der Waals surface area contributed by atoms with Crippen molar-refractivity contribution in [3.63, 3.8) is 0 Å². The van der Waals surface area contributed by atoms with Crippen molar-refractivity contribution in [2.24, 2.45) is 5.73 Å². The first-order valence-corrected chi connectivity index (χ1v) is 9.32. The van der Waals surface area contributed by atoms with E-state index < -0.39 is 0 Å². The Kier molecular flexibility index (Phi) is 7.60. The molecule has 26 heavy (non-hydrogen) atoms. The van der Waals surface area contributed by atoms with E-state index in [-0.39, 0.29) is 5.91 Å². The van der Waals surface area contributed by atoms with Crippen molar-refractivity contribution in [1.82, 2.24) is 9.88 Å². The fraction of sp³-hybridized carbons (Fsp3) is 0.429. The summed E-state index contributed by atoms with van der Waals surface area (Å²) in [6, 6.07) is 14.3. The Labute approximate surface area is 156 Å². The highest BCUT2D eigenvalue weighted by Gasteiger charge is 2.17. The number of rotatable bonds is 9. The monoisotopic (exact) mass is 354 g/mol. The first-order valence-electron chi connectivity index (χ1n) is 9.32. The van der Waals surface area contributed by atoms with Gasteiger partial charge in [-0.05, 0) is 44.9 Å². The Balaban J connectivity index is 2.07. The molecule has 0 saturated carbocycles. The maximum atomic E-state index is 12.9. The minimum Gasteiger partial charge on any atom is -0.354 e. The van der Waals surface area contributed by atoms with Gasteiger partial charge in [0.25, 0.3) is 5.91 Å². The van der Waals surface area contributed by atoms with Crippen LogP contribution in [0.25, 0.3) is 0 Å². The standard InChI is InChI=1S/C21H30N4O/c1-4-25(17(2)3)20-11-10-19(16-23-20)21(26)24(15-13-22)14-12-18-8-6-5-7-9-18/h5-11,16-17H,4,12-15,22H2,1-3H3. The Morgan fingerprint density at radius 3 is 2.38 bits per heavy atom. The number of hydrogen-bond donors (Lipinski definition) is 1. The highest BCUT2D eigenvalue weighted by molar-refractivity contribution is 5.94. The molecule has 1 aromatic carbocycles. The molecule has 0 radical (unpaired) electrons. The average Bonchev–Trinajstić information content (AvgIpc) is 2.66. The SMILES string of the molecule is CCN(c1ccc(C(=O)N(CCN)CCc2ccccc2)cn1)C(C)C. The molecule has 0 aliphatic rings. The number of nitrogens with zero attached hydrogens (tertiary/aromatic N) is 3. The van der Waals surface area contributed by atoms with Gasteiger partial charge >= 0.3 is 0 Å². The van der Waals surface area contributed by atoms with Gasteiger partial charge in [0, 0.05) is 38.4 Å². The van der Waals surface area contributed by atoms with E-state index >= 15 is 0 Å². The molecular weight excluding hydrogens is 324 g/mol. The lowest BCUT2D eigenvalue weighted by Crippen LogP contribution is -2.37. The molecule has 0 atom stereocenters. The number of carbonyl (C=O) groups is 1. The van der Waals surface area contributed by atoms with Crippen LogP contribution in [-0.4, -0.2) is 48.0 Å². The summed E-state index contributed by atoms with van der Waals surface area (Å²) >= 11 is 0. The van der Waals surface area contributed by atoms with E-state index in [4.69, 9.17) is 5.73 Å². The van der Waals surface area contributed by atoms with Gasteiger partial charge in [0.15, 0.2) is 0 Å². The van der Waals surface area contributed by atoms with Gasteiger partial charge in [-0.15, -0.1) is 0 Å².